The highest BCUT2D eigenvalue weighted by Crippen LogP contribution is 2.26. The molecule has 0 aliphatic carbocycles. The summed E-state index contributed by atoms with van der Waals surface area (Å²) in [5.74, 6) is 1.11. The molecule has 14 rings (SSSR count). The zero-order valence-electron chi connectivity index (χ0n) is 69.1. The minimum absolute atomic E-state index is 0.0284. The van der Waals surface area contributed by atoms with Gasteiger partial charge in [-0.25, -0.2) is 43.5 Å². The smallest absolute Gasteiger partial charge is 0.436 e. The number of nitriles is 1. The van der Waals surface area contributed by atoms with Gasteiger partial charge in [-0.3, -0.25) is 30.4 Å². The molecule has 4 aliphatic heterocycles. The van der Waals surface area contributed by atoms with Crippen LogP contribution in [0.3, 0.4) is 0 Å². The quantitative estimate of drug-likeness (QED) is 0.0311. The largest absolute Gasteiger partial charge is 0.442 e. The Balaban J connectivity index is 0.000000174. The summed E-state index contributed by atoms with van der Waals surface area (Å²) in [6.07, 6.45) is 9.72. The monoisotopic (exact) mass is 1630 g/mol. The molecule has 0 saturated carbocycles. The van der Waals surface area contributed by atoms with Crippen LogP contribution < -0.4 is 31.9 Å². The number of carbonyl (C=O) groups is 7. The van der Waals surface area contributed by atoms with Crippen molar-refractivity contribution < 1.29 is 43.0 Å². The number of aryl methyl sites for hydroxylation is 4. The number of hydrogen-bond donors (Lipinski definition) is 8. The van der Waals surface area contributed by atoms with Gasteiger partial charge in [0.25, 0.3) is 0 Å². The summed E-state index contributed by atoms with van der Waals surface area (Å²) in [7, 11) is 0. The molecule has 10 aromatic rings. The van der Waals surface area contributed by atoms with Crippen LogP contribution in [0.1, 0.15) is 109 Å². The highest BCUT2D eigenvalue weighted by atomic mass is 16.6. The average molecular weight is 1630 g/mol. The molecule has 8 N–H and O–H groups in total. The lowest BCUT2D eigenvalue weighted by atomic mass is 10.1. The van der Waals surface area contributed by atoms with Crippen LogP contribution in [0.4, 0.5) is 33.6 Å². The molecule has 12 amide bonds. The van der Waals surface area contributed by atoms with Crippen LogP contribution >= 0.6 is 0 Å². The molecule has 0 atom stereocenters. The fourth-order valence-corrected chi connectivity index (χ4v) is 12.0. The summed E-state index contributed by atoms with van der Waals surface area (Å²) >= 11 is 0. The van der Waals surface area contributed by atoms with Gasteiger partial charge < -0.3 is 50.5 Å². The van der Waals surface area contributed by atoms with E-state index in [4.69, 9.17) is 25.6 Å². The number of imidazole rings is 2. The molecule has 4 fully saturated rings. The maximum atomic E-state index is 12.9. The normalized spacial score (nSPS) is 14.7. The van der Waals surface area contributed by atoms with Crippen molar-refractivity contribution >= 4 is 77.8 Å². The Morgan fingerprint density at radius 1 is 0.496 bits per heavy atom. The van der Waals surface area contributed by atoms with E-state index >= 15 is 0 Å². The van der Waals surface area contributed by atoms with E-state index in [1.807, 2.05) is 286 Å². The molecule has 622 valence electrons. The van der Waals surface area contributed by atoms with Crippen molar-refractivity contribution in [2.45, 2.75) is 120 Å². The van der Waals surface area contributed by atoms with Gasteiger partial charge in [-0.05, 0) is 161 Å². The Labute approximate surface area is 702 Å². The van der Waals surface area contributed by atoms with Crippen molar-refractivity contribution in [3.8, 4) is 17.4 Å². The van der Waals surface area contributed by atoms with Crippen molar-refractivity contribution in [3.63, 3.8) is 0 Å². The Bertz CT molecular complexity index is 5430. The summed E-state index contributed by atoms with van der Waals surface area (Å²) in [5.41, 5.74) is 13.4. The zero-order chi connectivity index (χ0) is 87.0. The molecule has 0 radical (unpaired) electrons. The Morgan fingerprint density at radius 2 is 0.893 bits per heavy atom. The fourth-order valence-electron chi connectivity index (χ4n) is 12.0. The number of benzene rings is 8. The highest BCUT2D eigenvalue weighted by Gasteiger charge is 2.35. The number of ether oxygens (including phenoxy) is 2. The molecule has 4 saturated heterocycles. The molecule has 6 heterocycles. The van der Waals surface area contributed by atoms with Gasteiger partial charge in [-0.15, -0.1) is 0 Å². The van der Waals surface area contributed by atoms with Crippen LogP contribution in [-0.2, 0) is 48.7 Å². The number of amidine groups is 4. The van der Waals surface area contributed by atoms with Gasteiger partial charge in [-0.2, -0.15) is 20.2 Å². The zero-order valence-corrected chi connectivity index (χ0v) is 69.1. The van der Waals surface area contributed by atoms with E-state index in [9.17, 15) is 38.5 Å². The van der Waals surface area contributed by atoms with E-state index in [2.05, 4.69) is 57.0 Å². The number of hydrogen-bond acceptors (Lipinski definition) is 16. The van der Waals surface area contributed by atoms with E-state index < -0.39 is 23.4 Å². The van der Waals surface area contributed by atoms with E-state index in [-0.39, 0.29) is 68.0 Å². The predicted molar refractivity (Wildman–Crippen MR) is 465 cm³/mol. The van der Waals surface area contributed by atoms with Gasteiger partial charge in [0, 0.05) is 30.3 Å². The van der Waals surface area contributed by atoms with Gasteiger partial charge in [0.2, 0.25) is 0 Å². The molecular weight excluding hydrogens is 1530 g/mol. The van der Waals surface area contributed by atoms with E-state index in [0.29, 0.717) is 55.8 Å². The molecule has 30 nitrogen and oxygen atoms in total. The van der Waals surface area contributed by atoms with E-state index in [0.717, 1.165) is 78.4 Å². The Kier molecular flexibility index (Phi) is 32.3. The lowest BCUT2D eigenvalue weighted by Gasteiger charge is -2.19. The van der Waals surface area contributed by atoms with Crippen molar-refractivity contribution in [3.05, 3.63) is 327 Å². The lowest BCUT2D eigenvalue weighted by Crippen LogP contribution is -2.35. The lowest BCUT2D eigenvalue weighted by molar-refractivity contribution is 0.0590. The van der Waals surface area contributed by atoms with Crippen molar-refractivity contribution in [2.75, 3.05) is 19.6 Å². The molecule has 8 aromatic carbocycles. The van der Waals surface area contributed by atoms with Gasteiger partial charge in [0.15, 0.2) is 11.7 Å². The minimum atomic E-state index is -0.755. The number of nitrogens with one attached hydrogen (secondary N) is 8. The van der Waals surface area contributed by atoms with Gasteiger partial charge in [0.05, 0.1) is 80.8 Å². The highest BCUT2D eigenvalue weighted by molar-refractivity contribution is 6.19. The number of urea groups is 5. The minimum Gasteiger partial charge on any atom is -0.442 e. The van der Waals surface area contributed by atoms with Crippen LogP contribution in [0.5, 0.6) is 0 Å². The second-order valence-corrected chi connectivity index (χ2v) is 29.7. The summed E-state index contributed by atoms with van der Waals surface area (Å²) < 4.78 is 14.5. The number of aromatic nitrogens is 4. The van der Waals surface area contributed by atoms with Crippen LogP contribution in [0.25, 0.3) is 23.5 Å². The van der Waals surface area contributed by atoms with Crippen molar-refractivity contribution in [2.24, 2.45) is 15.2 Å². The summed E-state index contributed by atoms with van der Waals surface area (Å²) in [4.78, 5) is 116. The Morgan fingerprint density at radius 3 is 1.31 bits per heavy atom. The van der Waals surface area contributed by atoms with Crippen LogP contribution in [-0.4, -0.2) is 135 Å². The maximum Gasteiger partial charge on any atom is 0.436 e. The van der Waals surface area contributed by atoms with Crippen LogP contribution in [0.15, 0.2) is 270 Å². The first-order chi connectivity index (χ1) is 58.0. The van der Waals surface area contributed by atoms with Gasteiger partial charge in [-0.1, -0.05) is 199 Å². The molecular formula is C91H98N20O10. The van der Waals surface area contributed by atoms with E-state index in [1.54, 1.807) is 54.2 Å². The second-order valence-electron chi connectivity index (χ2n) is 29.7. The standard InChI is InChI=1S/C27H29N5O3.C22H21N5O.C15H19N3O3.2C10H11N3O.C7H7NO/c1-18-13-21(11-12-23(18)31-15-19(2)28-17-31)14-22-24(30-26(34)35-27(3,4)5)32(25(33)29-22)16-20-9-7-6-8-10-20;1-15-10-18(8-9-20(15)26-12-16(2)24-14-26)11-19-21(23)27(22(28)25-19)13-17-6-4-3-5-7-17;1-15(2,3)21-14(20)17-12-9-16-13(19)18(12)10-11-7-5-4-6-8-11;11-9-6-12-10(14)13(9)7-8-4-2-1-3-5-8;11-6-7-12-10(14)13-8-9-4-2-1-3-5-9;9-8-6-7-4-2-1-3-5-7/h6-15,17H,16H2,1-5H3,(H,29,33);3-12,14,23H,13H2,1-2H3,(H,25,28);4-8H,9-10H2,1-3H3,(H,16,19);1-5,11H,6-7H2,(H,12,14);1-5H,7-8H2,(H2,12,13,14);1-5H,6H2/b22-14-,30-24?;19-11-,23-21?;;;;. The second kappa shape index (κ2) is 43.6. The van der Waals surface area contributed by atoms with Crippen LogP contribution in [0, 0.1) is 54.8 Å². The number of nitrogens with zero attached hydrogens (tertiary/aromatic N) is 12. The number of amides is 12. The average Bonchev–Trinajstić information content (AvgIpc) is 1.66. The first kappa shape index (κ1) is 89.6. The number of rotatable bonds is 17. The molecule has 0 bridgehead atoms. The predicted octanol–water partition coefficient (Wildman–Crippen LogP) is 16.1. The van der Waals surface area contributed by atoms with Crippen LogP contribution in [0.2, 0.25) is 0 Å². The molecule has 0 spiro atoms. The molecule has 0 unspecified atom stereocenters. The van der Waals surface area contributed by atoms with Gasteiger partial charge >= 0.3 is 42.3 Å². The molecule has 30 heteroatoms. The SMILES string of the molecule is CC(C)(C)OC(=O)N=C1CNC(=O)N1Cc1ccccc1.Cc1cn(-c2ccc(/C=C3\NC(=O)N(Cc4ccccc4)C3=N)cc2C)cn1.Cc1cn(-c2ccc(/C=C3\NC(=O)N(Cc4ccccc4)C3=NC(=O)OC(C)(C)C)cc2C)cn1.N#CCNC(=O)NCc1ccccc1.N=C1CNC(=O)N1Cc1ccccc1.O=NCc1ccccc1. The summed E-state index contributed by atoms with van der Waals surface area (Å²) in [6.45, 7) is 21.4. The summed E-state index contributed by atoms with van der Waals surface area (Å²) in [6, 6.07) is 69.8. The third-order valence-corrected chi connectivity index (χ3v) is 17.6. The molecule has 121 heavy (non-hydrogen) atoms. The first-order valence-corrected chi connectivity index (χ1v) is 38.6. The first-order valence-electron chi connectivity index (χ1n) is 38.6. The maximum absolute atomic E-state index is 12.9. The fraction of sp³-hybridized carbons (Fsp3) is 0.231. The van der Waals surface area contributed by atoms with Crippen molar-refractivity contribution in [1.82, 2.24) is 70.6 Å². The van der Waals surface area contributed by atoms with Gasteiger partial charge in [0.1, 0.15) is 36.0 Å². The molecule has 2 aromatic heterocycles. The third kappa shape index (κ3) is 28.6. The number of aliphatic imine (C=N–C) groups is 2. The summed E-state index contributed by atoms with van der Waals surface area (Å²) in [5, 5.41) is 42.8. The van der Waals surface area contributed by atoms with Crippen molar-refractivity contribution in [1.29, 1.82) is 16.1 Å². The topological polar surface area (TPSA) is 384 Å². The van der Waals surface area contributed by atoms with E-state index in [1.165, 1.54) is 19.6 Å². The number of nitroso groups, excluding NO2 is 1. The Hall–Kier alpha value is -15.3. The third-order valence-electron chi connectivity index (χ3n) is 17.6. The molecule has 4 aliphatic rings. The number of carbonyl (C=O) groups excluding carboxylic acids is 7.